The number of anilines is 2. The van der Waals surface area contributed by atoms with Crippen molar-refractivity contribution in [3.05, 3.63) is 93.4 Å². The number of nitrogens with one attached hydrogen (secondary N) is 1. The predicted octanol–water partition coefficient (Wildman–Crippen LogP) is 7.90. The molecule has 0 saturated heterocycles. The third-order valence-corrected chi connectivity index (χ3v) is 6.73. The van der Waals surface area contributed by atoms with Gasteiger partial charge in [-0.1, -0.05) is 61.9 Å². The van der Waals surface area contributed by atoms with Crippen molar-refractivity contribution in [2.75, 3.05) is 5.32 Å². The lowest BCUT2D eigenvalue weighted by atomic mass is 9.88. The van der Waals surface area contributed by atoms with Crippen LogP contribution in [-0.4, -0.2) is 4.98 Å². The molecule has 0 spiro atoms. The Labute approximate surface area is 197 Å². The smallest absolute Gasteiger partial charge is 0.134 e. The number of rotatable bonds is 7. The van der Waals surface area contributed by atoms with Crippen LogP contribution in [0.15, 0.2) is 48.5 Å². The summed E-state index contributed by atoms with van der Waals surface area (Å²) in [4.78, 5) is 5.19. The Morgan fingerprint density at radius 1 is 1.09 bits per heavy atom. The Morgan fingerprint density at radius 2 is 1.88 bits per heavy atom. The molecule has 170 valence electrons. The maximum Gasteiger partial charge on any atom is 0.134 e. The van der Waals surface area contributed by atoms with E-state index in [1.165, 1.54) is 46.4 Å². The summed E-state index contributed by atoms with van der Waals surface area (Å²) in [6.07, 6.45) is 10.7. The van der Waals surface area contributed by atoms with Gasteiger partial charge in [-0.15, -0.1) is 0 Å². The first-order chi connectivity index (χ1) is 16.0. The summed E-state index contributed by atoms with van der Waals surface area (Å²) >= 11 is 0. The number of aromatic nitrogens is 1. The number of fused-ring (bicyclic) bond motifs is 1. The second kappa shape index (κ2) is 9.13. The van der Waals surface area contributed by atoms with E-state index < -0.39 is 0 Å². The van der Waals surface area contributed by atoms with Crippen LogP contribution >= 0.6 is 0 Å². The van der Waals surface area contributed by atoms with Crippen molar-refractivity contribution in [2.24, 2.45) is 5.92 Å². The minimum absolute atomic E-state index is 0.144. The standard InChI is InChI=1S/C30H33FN2/c1-19(2)16-23-14-15-24(18-28(23)31)32-30-27(17-21-10-8-20(3)9-11-21)25-6-4-5-7-26(25)29(33-30)22-12-13-22/h4,6,8-11,14-15,18-19,22H,5,7,12-13,16-17H2,1-3H3,(H,32,33). The molecule has 0 atom stereocenters. The number of halogens is 1. The van der Waals surface area contributed by atoms with Crippen molar-refractivity contribution in [2.45, 2.75) is 65.2 Å². The molecule has 0 radical (unpaired) electrons. The first-order valence-electron chi connectivity index (χ1n) is 12.3. The monoisotopic (exact) mass is 440 g/mol. The van der Waals surface area contributed by atoms with Gasteiger partial charge in [-0.3, -0.25) is 0 Å². The molecule has 2 aliphatic carbocycles. The fraction of sp³-hybridized carbons (Fsp3) is 0.367. The second-order valence-electron chi connectivity index (χ2n) is 10.1. The van der Waals surface area contributed by atoms with Gasteiger partial charge in [0, 0.05) is 29.3 Å². The zero-order chi connectivity index (χ0) is 22.9. The zero-order valence-corrected chi connectivity index (χ0v) is 19.9. The van der Waals surface area contributed by atoms with E-state index in [0.717, 1.165) is 42.8 Å². The van der Waals surface area contributed by atoms with E-state index in [1.54, 1.807) is 6.07 Å². The topological polar surface area (TPSA) is 24.9 Å². The summed E-state index contributed by atoms with van der Waals surface area (Å²) in [6, 6.07) is 14.3. The van der Waals surface area contributed by atoms with Crippen molar-refractivity contribution >= 4 is 17.6 Å². The van der Waals surface area contributed by atoms with E-state index in [2.05, 4.69) is 62.5 Å². The summed E-state index contributed by atoms with van der Waals surface area (Å²) in [5.74, 6) is 1.73. The highest BCUT2D eigenvalue weighted by Crippen LogP contribution is 2.45. The summed E-state index contributed by atoms with van der Waals surface area (Å²) in [5.41, 5.74) is 9.27. The third-order valence-electron chi connectivity index (χ3n) is 6.73. The third kappa shape index (κ3) is 4.88. The average Bonchev–Trinajstić information content (AvgIpc) is 3.63. The van der Waals surface area contributed by atoms with E-state index in [0.29, 0.717) is 11.8 Å². The van der Waals surface area contributed by atoms with Crippen molar-refractivity contribution < 1.29 is 4.39 Å². The molecular formula is C30H33FN2. The molecule has 1 saturated carbocycles. The molecular weight excluding hydrogens is 407 g/mol. The molecule has 1 aromatic heterocycles. The molecule has 1 heterocycles. The van der Waals surface area contributed by atoms with Gasteiger partial charge < -0.3 is 5.32 Å². The first-order valence-corrected chi connectivity index (χ1v) is 12.3. The number of hydrogen-bond acceptors (Lipinski definition) is 2. The average molecular weight is 441 g/mol. The van der Waals surface area contributed by atoms with Gasteiger partial charge in [0.2, 0.25) is 0 Å². The van der Waals surface area contributed by atoms with E-state index in [-0.39, 0.29) is 5.82 Å². The minimum Gasteiger partial charge on any atom is -0.340 e. The molecule has 3 aromatic rings. The first kappa shape index (κ1) is 21.9. The van der Waals surface area contributed by atoms with Crippen LogP contribution < -0.4 is 5.32 Å². The molecule has 2 aliphatic rings. The number of benzene rings is 2. The Bertz CT molecular complexity index is 1190. The number of hydrogen-bond donors (Lipinski definition) is 1. The van der Waals surface area contributed by atoms with E-state index in [4.69, 9.17) is 4.98 Å². The molecule has 33 heavy (non-hydrogen) atoms. The van der Waals surface area contributed by atoms with Crippen LogP contribution in [0.25, 0.3) is 6.08 Å². The van der Waals surface area contributed by atoms with Gasteiger partial charge in [-0.25, -0.2) is 9.37 Å². The molecule has 0 unspecified atom stereocenters. The van der Waals surface area contributed by atoms with Crippen LogP contribution in [0.1, 0.15) is 78.1 Å². The molecule has 2 aromatic carbocycles. The van der Waals surface area contributed by atoms with Gasteiger partial charge >= 0.3 is 0 Å². The Kier molecular flexibility index (Phi) is 6.05. The quantitative estimate of drug-likeness (QED) is 0.404. The van der Waals surface area contributed by atoms with Gasteiger partial charge in [0.15, 0.2) is 0 Å². The molecule has 5 rings (SSSR count). The highest BCUT2D eigenvalue weighted by Gasteiger charge is 2.31. The molecule has 2 nitrogen and oxygen atoms in total. The van der Waals surface area contributed by atoms with Crippen LogP contribution in [0, 0.1) is 18.7 Å². The van der Waals surface area contributed by atoms with Crippen molar-refractivity contribution in [1.29, 1.82) is 0 Å². The molecule has 0 aliphatic heterocycles. The Morgan fingerprint density at radius 3 is 2.58 bits per heavy atom. The molecule has 0 amide bonds. The SMILES string of the molecule is Cc1ccc(Cc2c(Nc3ccc(CC(C)C)c(F)c3)nc(C3CC3)c3c2C=CCC3)cc1. The molecule has 3 heteroatoms. The largest absolute Gasteiger partial charge is 0.340 e. The van der Waals surface area contributed by atoms with Gasteiger partial charge in [0.05, 0.1) is 0 Å². The lowest BCUT2D eigenvalue weighted by Crippen LogP contribution is -2.11. The van der Waals surface area contributed by atoms with Gasteiger partial charge in [0.1, 0.15) is 11.6 Å². The van der Waals surface area contributed by atoms with Gasteiger partial charge in [-0.05, 0) is 79.3 Å². The fourth-order valence-electron chi connectivity index (χ4n) is 4.85. The van der Waals surface area contributed by atoms with Crippen LogP contribution in [-0.2, 0) is 19.3 Å². The predicted molar refractivity (Wildman–Crippen MR) is 136 cm³/mol. The van der Waals surface area contributed by atoms with Crippen LogP contribution in [0.4, 0.5) is 15.9 Å². The van der Waals surface area contributed by atoms with Gasteiger partial charge in [0.25, 0.3) is 0 Å². The summed E-state index contributed by atoms with van der Waals surface area (Å²) in [7, 11) is 0. The zero-order valence-electron chi connectivity index (χ0n) is 19.9. The number of pyridine rings is 1. The summed E-state index contributed by atoms with van der Waals surface area (Å²) in [6.45, 7) is 6.35. The van der Waals surface area contributed by atoms with Crippen LogP contribution in [0.3, 0.4) is 0 Å². The Balaban J connectivity index is 1.56. The number of aryl methyl sites for hydroxylation is 1. The van der Waals surface area contributed by atoms with Crippen LogP contribution in [0.5, 0.6) is 0 Å². The van der Waals surface area contributed by atoms with Crippen molar-refractivity contribution in [1.82, 2.24) is 4.98 Å². The normalized spacial score (nSPS) is 15.1. The lowest BCUT2D eigenvalue weighted by Gasteiger charge is -2.23. The second-order valence-corrected chi connectivity index (χ2v) is 10.1. The number of allylic oxidation sites excluding steroid dienone is 1. The van der Waals surface area contributed by atoms with E-state index in [9.17, 15) is 4.39 Å². The summed E-state index contributed by atoms with van der Waals surface area (Å²) in [5, 5.41) is 3.51. The van der Waals surface area contributed by atoms with E-state index >= 15 is 0 Å². The fourth-order valence-corrected chi connectivity index (χ4v) is 4.85. The highest BCUT2D eigenvalue weighted by atomic mass is 19.1. The maximum absolute atomic E-state index is 14.8. The maximum atomic E-state index is 14.8. The van der Waals surface area contributed by atoms with Crippen molar-refractivity contribution in [3.8, 4) is 0 Å². The molecule has 1 N–H and O–H groups in total. The summed E-state index contributed by atoms with van der Waals surface area (Å²) < 4.78 is 14.8. The van der Waals surface area contributed by atoms with Gasteiger partial charge in [-0.2, -0.15) is 0 Å². The van der Waals surface area contributed by atoms with E-state index in [1.807, 2.05) is 12.1 Å². The molecule has 1 fully saturated rings. The van der Waals surface area contributed by atoms with Crippen molar-refractivity contribution in [3.63, 3.8) is 0 Å². The lowest BCUT2D eigenvalue weighted by molar-refractivity contribution is 0.574. The van der Waals surface area contributed by atoms with Crippen LogP contribution in [0.2, 0.25) is 0 Å². The Hall–Kier alpha value is -2.94. The molecule has 0 bridgehead atoms. The minimum atomic E-state index is -0.144. The number of nitrogens with zero attached hydrogens (tertiary/aromatic N) is 1. The highest BCUT2D eigenvalue weighted by molar-refractivity contribution is 5.72.